The van der Waals surface area contributed by atoms with Crippen molar-refractivity contribution >= 4 is 40.1 Å². The minimum Gasteiger partial charge on any atom is -0.465 e. The number of ether oxygens (including phenoxy) is 2. The molecule has 1 aliphatic heterocycles. The fraction of sp³-hybridized carbons (Fsp3) is 0.811. The van der Waals surface area contributed by atoms with Crippen LogP contribution in [-0.4, -0.2) is 74.0 Å². The summed E-state index contributed by atoms with van der Waals surface area (Å²) in [7, 11) is 3.99. The molecule has 2 heterocycles. The number of nitrogens with one attached hydrogen (secondary N) is 1. The molecule has 362 valence electrons. The molecule has 1 unspecified atom stereocenters. The molecule has 2 rings (SSSR count). The lowest BCUT2D eigenvalue weighted by Crippen LogP contribution is -2.35. The number of allylic oxidation sites excluding steroid dienone is 2. The first-order valence-electron chi connectivity index (χ1n) is 26.1. The lowest BCUT2D eigenvalue weighted by molar-refractivity contribution is -0.149. The van der Waals surface area contributed by atoms with Gasteiger partial charge < -0.3 is 24.6 Å². The van der Waals surface area contributed by atoms with Crippen LogP contribution in [0.2, 0.25) is 0 Å². The van der Waals surface area contributed by atoms with Crippen molar-refractivity contribution in [2.45, 2.75) is 233 Å². The molecule has 0 aliphatic carbocycles. The molecule has 63 heavy (non-hydrogen) atoms. The average molecular weight is 900 g/mol. The maximum Gasteiger partial charge on any atom is 0.341 e. The highest BCUT2D eigenvalue weighted by molar-refractivity contribution is 7.17. The van der Waals surface area contributed by atoms with E-state index < -0.39 is 5.97 Å². The molecule has 0 aromatic carbocycles. The Balaban J connectivity index is 1.81. The standard InChI is InChI=1S/C53H93N3O6S/c1-6-9-12-15-17-18-19-20-21-22-23-24-25-27-31-37-48(57)54-51-50(53(60)62-43-34-40-55(4)5)46-39-41-56(44-47(46)63-51)49(58)38-32-28-33-42-61-52(59)45(35-29-14-11-8-3)36-30-26-16-13-10-7-2/h20-21,45H,6-19,22-44H2,1-5H3,(H,54,57)/b21-20-. The maximum absolute atomic E-state index is 13.5. The fourth-order valence-electron chi connectivity index (χ4n) is 8.46. The molecule has 9 nitrogen and oxygen atoms in total. The molecular weight excluding hydrogens is 807 g/mol. The topological polar surface area (TPSA) is 105 Å². The number of fused-ring (bicyclic) bond motifs is 1. The quantitative estimate of drug-likeness (QED) is 0.0397. The van der Waals surface area contributed by atoms with E-state index in [1.807, 2.05) is 19.0 Å². The van der Waals surface area contributed by atoms with Crippen molar-refractivity contribution in [3.8, 4) is 0 Å². The molecule has 0 radical (unpaired) electrons. The second-order valence-electron chi connectivity index (χ2n) is 18.5. The van der Waals surface area contributed by atoms with Gasteiger partial charge in [0.05, 0.1) is 31.2 Å². The summed E-state index contributed by atoms with van der Waals surface area (Å²) in [5.41, 5.74) is 1.37. The van der Waals surface area contributed by atoms with Crippen molar-refractivity contribution in [2.24, 2.45) is 5.92 Å². The first kappa shape index (κ1) is 56.4. The lowest BCUT2D eigenvalue weighted by atomic mass is 9.94. The van der Waals surface area contributed by atoms with E-state index in [1.165, 1.54) is 120 Å². The highest BCUT2D eigenvalue weighted by Crippen LogP contribution is 2.38. The van der Waals surface area contributed by atoms with Gasteiger partial charge in [-0.05, 0) is 96.7 Å². The van der Waals surface area contributed by atoms with E-state index in [1.54, 1.807) is 0 Å². The minimum atomic E-state index is -0.395. The number of esters is 2. The third kappa shape index (κ3) is 26.7. The van der Waals surface area contributed by atoms with Gasteiger partial charge in [-0.2, -0.15) is 0 Å². The molecule has 1 aromatic heterocycles. The predicted molar refractivity (Wildman–Crippen MR) is 265 cm³/mol. The molecule has 2 amide bonds. The minimum absolute atomic E-state index is 0.00660. The number of nitrogens with zero attached hydrogens (tertiary/aromatic N) is 2. The van der Waals surface area contributed by atoms with Crippen LogP contribution in [-0.2, 0) is 36.8 Å². The summed E-state index contributed by atoms with van der Waals surface area (Å²) >= 11 is 1.41. The zero-order valence-corrected chi connectivity index (χ0v) is 42.0. The van der Waals surface area contributed by atoms with Gasteiger partial charge in [-0.1, -0.05) is 148 Å². The molecule has 10 heteroatoms. The molecule has 0 saturated heterocycles. The summed E-state index contributed by atoms with van der Waals surface area (Å²) in [6, 6.07) is 0. The van der Waals surface area contributed by atoms with Crippen LogP contribution in [0, 0.1) is 5.92 Å². The number of amides is 2. The molecular formula is C53H93N3O6S. The van der Waals surface area contributed by atoms with Crippen LogP contribution in [0.4, 0.5) is 5.00 Å². The van der Waals surface area contributed by atoms with Crippen molar-refractivity contribution in [1.29, 1.82) is 0 Å². The van der Waals surface area contributed by atoms with E-state index in [2.05, 4.69) is 43.1 Å². The molecule has 1 aliphatic rings. The summed E-state index contributed by atoms with van der Waals surface area (Å²) in [5.74, 6) is -0.404. The molecule has 0 saturated carbocycles. The summed E-state index contributed by atoms with van der Waals surface area (Å²) in [6.45, 7) is 9.21. The fourth-order valence-corrected chi connectivity index (χ4v) is 9.72. The van der Waals surface area contributed by atoms with Crippen LogP contribution in [0.25, 0.3) is 0 Å². The number of carbonyl (C=O) groups excluding carboxylic acids is 4. The first-order chi connectivity index (χ1) is 30.7. The van der Waals surface area contributed by atoms with Crippen molar-refractivity contribution in [3.05, 3.63) is 28.2 Å². The number of rotatable bonds is 40. The van der Waals surface area contributed by atoms with Crippen LogP contribution in [0.1, 0.15) is 241 Å². The first-order valence-corrected chi connectivity index (χ1v) is 26.9. The van der Waals surface area contributed by atoms with Gasteiger partial charge >= 0.3 is 11.9 Å². The highest BCUT2D eigenvalue weighted by atomic mass is 32.1. The number of hydrogen-bond acceptors (Lipinski definition) is 8. The van der Waals surface area contributed by atoms with Crippen LogP contribution in [0.5, 0.6) is 0 Å². The third-order valence-electron chi connectivity index (χ3n) is 12.4. The summed E-state index contributed by atoms with van der Waals surface area (Å²) in [6.07, 6.45) is 38.7. The molecule has 0 fully saturated rings. The van der Waals surface area contributed by atoms with Crippen molar-refractivity contribution < 1.29 is 28.7 Å². The number of carbonyl (C=O) groups is 4. The highest BCUT2D eigenvalue weighted by Gasteiger charge is 2.31. The van der Waals surface area contributed by atoms with Gasteiger partial charge in [0.15, 0.2) is 0 Å². The Bertz CT molecular complexity index is 1390. The van der Waals surface area contributed by atoms with Gasteiger partial charge in [-0.25, -0.2) is 4.79 Å². The number of anilines is 1. The number of unbranched alkanes of at least 4 members (excludes halogenated alkanes) is 21. The van der Waals surface area contributed by atoms with Gasteiger partial charge in [0, 0.05) is 30.8 Å². The molecule has 1 aromatic rings. The van der Waals surface area contributed by atoms with Crippen LogP contribution in [0.15, 0.2) is 12.2 Å². The van der Waals surface area contributed by atoms with Crippen LogP contribution >= 0.6 is 11.3 Å². The van der Waals surface area contributed by atoms with Gasteiger partial charge in [-0.15, -0.1) is 11.3 Å². The predicted octanol–water partition coefficient (Wildman–Crippen LogP) is 14.2. The van der Waals surface area contributed by atoms with E-state index in [-0.39, 0.29) is 23.7 Å². The van der Waals surface area contributed by atoms with Crippen molar-refractivity contribution in [1.82, 2.24) is 9.80 Å². The summed E-state index contributed by atoms with van der Waals surface area (Å²) in [4.78, 5) is 58.0. The Morgan fingerprint density at radius 3 is 1.79 bits per heavy atom. The third-order valence-corrected chi connectivity index (χ3v) is 13.6. The monoisotopic (exact) mass is 900 g/mol. The Kier molecular flexibility index (Phi) is 33.6. The number of thiophene rings is 1. The molecule has 0 bridgehead atoms. The Morgan fingerprint density at radius 2 is 1.17 bits per heavy atom. The van der Waals surface area contributed by atoms with E-state index in [9.17, 15) is 19.2 Å². The van der Waals surface area contributed by atoms with Gasteiger partial charge in [0.25, 0.3) is 0 Å². The second-order valence-corrected chi connectivity index (χ2v) is 19.6. The van der Waals surface area contributed by atoms with Gasteiger partial charge in [0.2, 0.25) is 11.8 Å². The maximum atomic E-state index is 13.5. The van der Waals surface area contributed by atoms with E-state index in [4.69, 9.17) is 9.47 Å². The summed E-state index contributed by atoms with van der Waals surface area (Å²) in [5, 5.41) is 3.63. The zero-order chi connectivity index (χ0) is 45.8. The van der Waals surface area contributed by atoms with Crippen molar-refractivity contribution in [2.75, 3.05) is 45.7 Å². The van der Waals surface area contributed by atoms with Gasteiger partial charge in [-0.3, -0.25) is 14.4 Å². The smallest absolute Gasteiger partial charge is 0.341 e. The van der Waals surface area contributed by atoms with E-state index in [0.717, 1.165) is 94.0 Å². The Hall–Kier alpha value is -2.72. The summed E-state index contributed by atoms with van der Waals surface area (Å²) < 4.78 is 11.5. The van der Waals surface area contributed by atoms with E-state index >= 15 is 0 Å². The average Bonchev–Trinajstić information content (AvgIpc) is 3.63. The van der Waals surface area contributed by atoms with Gasteiger partial charge in [0.1, 0.15) is 5.00 Å². The Labute approximate surface area is 389 Å². The number of hydrogen-bond donors (Lipinski definition) is 1. The SMILES string of the molecule is CCCCCCCC/C=C\CCCCCCCC(=O)Nc1sc2c(c1C(=O)OCCCN(C)C)CCN(C(=O)CCCCCOC(=O)C(CCCCCC)CCCCCCCC)C2. The Morgan fingerprint density at radius 1 is 0.651 bits per heavy atom. The van der Waals surface area contributed by atoms with Crippen molar-refractivity contribution in [3.63, 3.8) is 0 Å². The van der Waals surface area contributed by atoms with Crippen LogP contribution in [0.3, 0.4) is 0 Å². The zero-order valence-electron chi connectivity index (χ0n) is 41.1. The van der Waals surface area contributed by atoms with E-state index in [0.29, 0.717) is 56.1 Å². The normalized spacial score (nSPS) is 13.1. The lowest BCUT2D eigenvalue weighted by Gasteiger charge is -2.27. The van der Waals surface area contributed by atoms with Crippen LogP contribution < -0.4 is 5.32 Å². The molecule has 0 spiro atoms. The largest absolute Gasteiger partial charge is 0.465 e. The molecule has 1 N–H and O–H groups in total. The molecule has 1 atom stereocenters. The second kappa shape index (κ2) is 37.5.